The van der Waals surface area contributed by atoms with Crippen LogP contribution in [-0.2, 0) is 18.4 Å². The topological polar surface area (TPSA) is 69.5 Å². The summed E-state index contributed by atoms with van der Waals surface area (Å²) >= 11 is 1.38. The summed E-state index contributed by atoms with van der Waals surface area (Å²) in [5, 5.41) is 8.48. The molecule has 122 valence electrons. The van der Waals surface area contributed by atoms with E-state index in [1.165, 1.54) is 11.8 Å². The maximum atomic E-state index is 12.2. The summed E-state index contributed by atoms with van der Waals surface area (Å²) in [6.45, 7) is 1.65. The van der Waals surface area contributed by atoms with Gasteiger partial charge in [-0.1, -0.05) is 17.8 Å². The van der Waals surface area contributed by atoms with Crippen LogP contribution in [0.1, 0.15) is 5.56 Å². The van der Waals surface area contributed by atoms with E-state index in [4.69, 9.17) is 9.47 Å². The van der Waals surface area contributed by atoms with Crippen LogP contribution in [0.5, 0.6) is 11.5 Å². The maximum absolute atomic E-state index is 12.2. The molecule has 23 heavy (non-hydrogen) atoms. The number of benzene rings is 1. The van der Waals surface area contributed by atoms with Crippen molar-refractivity contribution in [2.45, 2.75) is 11.7 Å². The Morgan fingerprint density at radius 2 is 2.13 bits per heavy atom. The van der Waals surface area contributed by atoms with Crippen LogP contribution < -0.4 is 9.47 Å². The fraction of sp³-hybridized carbons (Fsp3) is 0.400. The van der Waals surface area contributed by atoms with Gasteiger partial charge in [0.05, 0.1) is 5.75 Å². The molecule has 0 N–H and O–H groups in total. The molecule has 2 aromatic rings. The molecule has 0 saturated heterocycles. The molecule has 1 aromatic heterocycles. The summed E-state index contributed by atoms with van der Waals surface area (Å²) in [7, 11) is 3.64. The number of amides is 1. The van der Waals surface area contributed by atoms with Crippen molar-refractivity contribution in [1.29, 1.82) is 0 Å². The van der Waals surface area contributed by atoms with Gasteiger partial charge in [-0.05, 0) is 17.7 Å². The van der Waals surface area contributed by atoms with Crippen molar-refractivity contribution in [2.24, 2.45) is 7.05 Å². The van der Waals surface area contributed by atoms with E-state index in [2.05, 4.69) is 10.2 Å². The van der Waals surface area contributed by atoms with Crippen molar-refractivity contribution < 1.29 is 14.3 Å². The summed E-state index contributed by atoms with van der Waals surface area (Å²) in [6, 6.07) is 5.76. The molecule has 1 amide bonds. The van der Waals surface area contributed by atoms with E-state index >= 15 is 0 Å². The second-order valence-corrected chi connectivity index (χ2v) is 6.18. The molecule has 1 aliphatic rings. The van der Waals surface area contributed by atoms with E-state index in [1.54, 1.807) is 22.8 Å². The number of thioether (sulfide) groups is 1. The lowest BCUT2D eigenvalue weighted by Gasteiger charge is -2.21. The van der Waals surface area contributed by atoms with Crippen molar-refractivity contribution in [1.82, 2.24) is 19.7 Å². The lowest BCUT2D eigenvalue weighted by atomic mass is 10.2. The molecule has 0 spiro atoms. The van der Waals surface area contributed by atoms with E-state index in [-0.39, 0.29) is 5.91 Å². The minimum absolute atomic E-state index is 0.0351. The first-order valence-corrected chi connectivity index (χ1v) is 8.21. The first kappa shape index (κ1) is 15.7. The van der Waals surface area contributed by atoms with Crippen molar-refractivity contribution in [2.75, 3.05) is 26.0 Å². The molecule has 0 atom stereocenters. The third-order valence-electron chi connectivity index (χ3n) is 3.45. The van der Waals surface area contributed by atoms with Gasteiger partial charge in [0.25, 0.3) is 0 Å². The highest BCUT2D eigenvalue weighted by atomic mass is 32.2. The van der Waals surface area contributed by atoms with E-state index in [9.17, 15) is 4.79 Å². The zero-order valence-corrected chi connectivity index (χ0v) is 13.9. The van der Waals surface area contributed by atoms with Crippen LogP contribution in [0.3, 0.4) is 0 Å². The van der Waals surface area contributed by atoms with E-state index < -0.39 is 0 Å². The second-order valence-electron chi connectivity index (χ2n) is 5.24. The quantitative estimate of drug-likeness (QED) is 0.769. The molecule has 0 saturated carbocycles. The van der Waals surface area contributed by atoms with Crippen molar-refractivity contribution in [3.8, 4) is 11.5 Å². The Morgan fingerprint density at radius 3 is 2.87 bits per heavy atom. The highest BCUT2D eigenvalue weighted by Crippen LogP contribution is 2.31. The van der Waals surface area contributed by atoms with Gasteiger partial charge in [0.1, 0.15) is 19.5 Å². The Balaban J connectivity index is 1.56. The van der Waals surface area contributed by atoms with Crippen LogP contribution in [0.4, 0.5) is 0 Å². The largest absolute Gasteiger partial charge is 0.486 e. The van der Waals surface area contributed by atoms with Gasteiger partial charge in [-0.25, -0.2) is 0 Å². The average Bonchev–Trinajstić information content (AvgIpc) is 2.97. The Labute approximate surface area is 138 Å². The second kappa shape index (κ2) is 6.91. The molecule has 0 unspecified atom stereocenters. The first-order chi connectivity index (χ1) is 11.1. The summed E-state index contributed by atoms with van der Waals surface area (Å²) in [5.41, 5.74) is 1.01. The number of aromatic nitrogens is 3. The number of rotatable bonds is 5. The molecule has 7 nitrogen and oxygen atoms in total. The minimum atomic E-state index is 0.0351. The van der Waals surface area contributed by atoms with Crippen LogP contribution in [0.2, 0.25) is 0 Å². The summed E-state index contributed by atoms with van der Waals surface area (Å²) in [4.78, 5) is 13.9. The smallest absolute Gasteiger partial charge is 0.233 e. The number of carbonyl (C=O) groups is 1. The molecular formula is C15H18N4O3S. The van der Waals surface area contributed by atoms with E-state index in [0.29, 0.717) is 25.5 Å². The van der Waals surface area contributed by atoms with Gasteiger partial charge in [-0.15, -0.1) is 10.2 Å². The minimum Gasteiger partial charge on any atom is -0.486 e. The van der Waals surface area contributed by atoms with Gasteiger partial charge in [-0.2, -0.15) is 0 Å². The zero-order chi connectivity index (χ0) is 16.2. The fourth-order valence-electron chi connectivity index (χ4n) is 2.19. The van der Waals surface area contributed by atoms with Crippen molar-refractivity contribution >= 4 is 17.7 Å². The third kappa shape index (κ3) is 3.76. The number of hydrogen-bond acceptors (Lipinski definition) is 6. The van der Waals surface area contributed by atoms with Crippen LogP contribution >= 0.6 is 11.8 Å². The van der Waals surface area contributed by atoms with Gasteiger partial charge in [0.15, 0.2) is 16.7 Å². The highest BCUT2D eigenvalue weighted by molar-refractivity contribution is 7.99. The third-order valence-corrected chi connectivity index (χ3v) is 4.47. The van der Waals surface area contributed by atoms with Crippen molar-refractivity contribution in [3.63, 3.8) is 0 Å². The van der Waals surface area contributed by atoms with E-state index in [1.807, 2.05) is 25.2 Å². The van der Waals surface area contributed by atoms with E-state index in [0.717, 1.165) is 22.2 Å². The standard InChI is InChI=1S/C15H18N4O3S/c1-18(14(20)9-23-15-17-16-10-19(15)2)8-11-3-4-12-13(7-11)22-6-5-21-12/h3-4,7,10H,5-6,8-9H2,1-2H3. The van der Waals surface area contributed by atoms with Gasteiger partial charge >= 0.3 is 0 Å². The van der Waals surface area contributed by atoms with Crippen LogP contribution in [-0.4, -0.2) is 51.6 Å². The molecule has 0 bridgehead atoms. The predicted molar refractivity (Wildman–Crippen MR) is 85.6 cm³/mol. The SMILES string of the molecule is CN(Cc1ccc2c(c1)OCCO2)C(=O)CSc1nncn1C. The summed E-state index contributed by atoms with van der Waals surface area (Å²) in [5.74, 6) is 1.86. The van der Waals surface area contributed by atoms with Crippen LogP contribution in [0, 0.1) is 0 Å². The lowest BCUT2D eigenvalue weighted by molar-refractivity contribution is -0.127. The number of ether oxygens (including phenoxy) is 2. The number of aryl methyl sites for hydroxylation is 1. The van der Waals surface area contributed by atoms with Gasteiger partial charge < -0.3 is 18.9 Å². The first-order valence-electron chi connectivity index (χ1n) is 7.23. The number of carbonyl (C=O) groups excluding carboxylic acids is 1. The molecule has 2 heterocycles. The molecule has 3 rings (SSSR count). The molecule has 0 fully saturated rings. The molecule has 8 heteroatoms. The molecule has 1 aliphatic heterocycles. The summed E-state index contributed by atoms with van der Waals surface area (Å²) < 4.78 is 12.9. The number of hydrogen-bond donors (Lipinski definition) is 0. The van der Waals surface area contributed by atoms with Gasteiger partial charge in [0, 0.05) is 20.6 Å². The molecular weight excluding hydrogens is 316 g/mol. The highest BCUT2D eigenvalue weighted by Gasteiger charge is 2.15. The molecule has 0 radical (unpaired) electrons. The Kier molecular flexibility index (Phi) is 4.71. The fourth-order valence-corrected chi connectivity index (χ4v) is 3.02. The maximum Gasteiger partial charge on any atom is 0.233 e. The normalized spacial score (nSPS) is 13.0. The molecule has 1 aromatic carbocycles. The van der Waals surface area contributed by atoms with Crippen LogP contribution in [0.25, 0.3) is 0 Å². The van der Waals surface area contributed by atoms with Gasteiger partial charge in [0.2, 0.25) is 5.91 Å². The lowest BCUT2D eigenvalue weighted by Crippen LogP contribution is -2.28. The number of nitrogens with zero attached hydrogens (tertiary/aromatic N) is 4. The molecule has 0 aliphatic carbocycles. The van der Waals surface area contributed by atoms with Crippen LogP contribution in [0.15, 0.2) is 29.7 Å². The monoisotopic (exact) mass is 334 g/mol. The zero-order valence-electron chi connectivity index (χ0n) is 13.1. The predicted octanol–water partition coefficient (Wildman–Crippen LogP) is 1.34. The average molecular weight is 334 g/mol. The Bertz CT molecular complexity index is 704. The Morgan fingerprint density at radius 1 is 1.35 bits per heavy atom. The Hall–Kier alpha value is -2.22. The van der Waals surface area contributed by atoms with Crippen molar-refractivity contribution in [3.05, 3.63) is 30.1 Å². The summed E-state index contributed by atoms with van der Waals surface area (Å²) in [6.07, 6.45) is 1.62. The van der Waals surface area contributed by atoms with Gasteiger partial charge in [-0.3, -0.25) is 4.79 Å². The number of fused-ring (bicyclic) bond motifs is 1.